The van der Waals surface area contributed by atoms with Gasteiger partial charge < -0.3 is 15.2 Å². The van der Waals surface area contributed by atoms with Crippen molar-refractivity contribution < 1.29 is 24.2 Å². The second kappa shape index (κ2) is 14.2. The van der Waals surface area contributed by atoms with Gasteiger partial charge in [-0.15, -0.1) is 0 Å². The van der Waals surface area contributed by atoms with Crippen molar-refractivity contribution in [2.45, 2.75) is 26.4 Å². The Labute approximate surface area is 176 Å². The molecule has 0 aromatic heterocycles. The molecular formula is C22H27NO5S. The number of hydrogen-bond acceptors (Lipinski definition) is 5. The van der Waals surface area contributed by atoms with Gasteiger partial charge in [-0.05, 0) is 29.7 Å². The monoisotopic (exact) mass is 417 g/mol. The number of thiol groups is 1. The SMILES string of the molecule is CC(=O)O.O=C(CNC(=O)[C@H](CCS)Cc1ccccc1)OCc1ccccc1. The maximum absolute atomic E-state index is 12.4. The normalized spacial score (nSPS) is 10.8. The molecule has 2 aromatic rings. The van der Waals surface area contributed by atoms with Crippen molar-refractivity contribution >= 4 is 30.5 Å². The zero-order valence-corrected chi connectivity index (χ0v) is 17.3. The molecule has 0 aliphatic heterocycles. The fraction of sp³-hybridized carbons (Fsp3) is 0.318. The first kappa shape index (κ1) is 24.2. The molecule has 2 rings (SSSR count). The Morgan fingerprint density at radius 1 is 1.00 bits per heavy atom. The van der Waals surface area contributed by atoms with E-state index < -0.39 is 11.9 Å². The number of carbonyl (C=O) groups excluding carboxylic acids is 2. The van der Waals surface area contributed by atoms with E-state index in [0.717, 1.165) is 18.1 Å². The Morgan fingerprint density at radius 2 is 1.52 bits per heavy atom. The van der Waals surface area contributed by atoms with E-state index in [1.54, 1.807) is 0 Å². The van der Waals surface area contributed by atoms with E-state index in [-0.39, 0.29) is 25.0 Å². The molecule has 2 aromatic carbocycles. The average molecular weight is 418 g/mol. The van der Waals surface area contributed by atoms with E-state index >= 15 is 0 Å². The maximum Gasteiger partial charge on any atom is 0.325 e. The van der Waals surface area contributed by atoms with Gasteiger partial charge in [-0.3, -0.25) is 14.4 Å². The predicted molar refractivity (Wildman–Crippen MR) is 115 cm³/mol. The number of carbonyl (C=O) groups is 3. The van der Waals surface area contributed by atoms with Gasteiger partial charge in [-0.2, -0.15) is 12.6 Å². The van der Waals surface area contributed by atoms with E-state index in [9.17, 15) is 9.59 Å². The van der Waals surface area contributed by atoms with E-state index in [1.807, 2.05) is 60.7 Å². The molecule has 0 bridgehead atoms. The number of benzene rings is 2. The van der Waals surface area contributed by atoms with Gasteiger partial charge >= 0.3 is 5.97 Å². The lowest BCUT2D eigenvalue weighted by Gasteiger charge is -2.16. The number of amides is 1. The van der Waals surface area contributed by atoms with Crippen LogP contribution in [-0.4, -0.2) is 35.2 Å². The van der Waals surface area contributed by atoms with Crippen LogP contribution in [-0.2, 0) is 32.1 Å². The summed E-state index contributed by atoms with van der Waals surface area (Å²) in [6.07, 6.45) is 1.29. The first-order valence-corrected chi connectivity index (χ1v) is 9.87. The number of esters is 1. The van der Waals surface area contributed by atoms with Crippen molar-refractivity contribution in [3.8, 4) is 0 Å². The molecule has 0 saturated carbocycles. The number of ether oxygens (including phenoxy) is 1. The second-order valence-corrected chi connectivity index (χ2v) is 6.73. The van der Waals surface area contributed by atoms with Crippen molar-refractivity contribution in [2.24, 2.45) is 5.92 Å². The first-order valence-electron chi connectivity index (χ1n) is 9.24. The highest BCUT2D eigenvalue weighted by Crippen LogP contribution is 2.13. The van der Waals surface area contributed by atoms with Gasteiger partial charge in [0.1, 0.15) is 13.2 Å². The van der Waals surface area contributed by atoms with Gasteiger partial charge in [0, 0.05) is 12.8 Å². The summed E-state index contributed by atoms with van der Waals surface area (Å²) in [5.41, 5.74) is 2.01. The molecule has 0 unspecified atom stereocenters. The van der Waals surface area contributed by atoms with Crippen LogP contribution in [0.25, 0.3) is 0 Å². The molecule has 0 radical (unpaired) electrons. The van der Waals surface area contributed by atoms with Crippen molar-refractivity contribution in [3.05, 3.63) is 71.8 Å². The summed E-state index contributed by atoms with van der Waals surface area (Å²) in [6, 6.07) is 19.3. The summed E-state index contributed by atoms with van der Waals surface area (Å²) in [4.78, 5) is 33.2. The molecule has 0 aliphatic rings. The molecule has 156 valence electrons. The third-order valence-corrected chi connectivity index (χ3v) is 4.08. The number of nitrogens with one attached hydrogen (secondary N) is 1. The summed E-state index contributed by atoms with van der Waals surface area (Å²) < 4.78 is 5.17. The number of carboxylic acid groups (broad SMARTS) is 1. The quantitative estimate of drug-likeness (QED) is 0.431. The van der Waals surface area contributed by atoms with E-state index in [0.29, 0.717) is 18.6 Å². The standard InChI is InChI=1S/C20H23NO3S.C2H4O2/c22-19(24-15-17-9-5-2-6-10-17)14-21-20(23)18(11-12-25)13-16-7-3-1-4-8-16;1-2(3)4/h1-10,18,25H,11-15H2,(H,21,23);1H3,(H,3,4)/t18-;/m1./s1. The Kier molecular flexibility index (Phi) is 11.9. The molecule has 2 N–H and O–H groups in total. The topological polar surface area (TPSA) is 92.7 Å². The molecule has 0 saturated heterocycles. The summed E-state index contributed by atoms with van der Waals surface area (Å²) in [5.74, 6) is -1.01. The molecular weight excluding hydrogens is 390 g/mol. The molecule has 1 amide bonds. The fourth-order valence-corrected chi connectivity index (χ4v) is 2.78. The Morgan fingerprint density at radius 3 is 2.03 bits per heavy atom. The Hall–Kier alpha value is -2.80. The van der Waals surface area contributed by atoms with Gasteiger partial charge in [0.2, 0.25) is 5.91 Å². The van der Waals surface area contributed by atoms with Crippen LogP contribution in [0.15, 0.2) is 60.7 Å². The van der Waals surface area contributed by atoms with Gasteiger partial charge in [-0.1, -0.05) is 60.7 Å². The largest absolute Gasteiger partial charge is 0.481 e. The van der Waals surface area contributed by atoms with Crippen molar-refractivity contribution in [1.82, 2.24) is 5.32 Å². The highest BCUT2D eigenvalue weighted by Gasteiger charge is 2.19. The zero-order chi connectivity index (χ0) is 21.5. The van der Waals surface area contributed by atoms with Gasteiger partial charge in [0.15, 0.2) is 0 Å². The van der Waals surface area contributed by atoms with Crippen molar-refractivity contribution in [2.75, 3.05) is 12.3 Å². The Bertz CT molecular complexity index is 748. The number of aliphatic carboxylic acids is 1. The van der Waals surface area contributed by atoms with Gasteiger partial charge in [-0.25, -0.2) is 0 Å². The minimum atomic E-state index is -0.833. The molecule has 1 atom stereocenters. The average Bonchev–Trinajstić information content (AvgIpc) is 2.71. The molecule has 0 fully saturated rings. The molecule has 0 spiro atoms. The number of carboxylic acids is 1. The maximum atomic E-state index is 12.4. The van der Waals surface area contributed by atoms with Crippen LogP contribution in [0.1, 0.15) is 24.5 Å². The van der Waals surface area contributed by atoms with Crippen LogP contribution in [0.3, 0.4) is 0 Å². The van der Waals surface area contributed by atoms with Crippen molar-refractivity contribution in [1.29, 1.82) is 0 Å². The smallest absolute Gasteiger partial charge is 0.325 e. The summed E-state index contributed by atoms with van der Waals surface area (Å²) in [6.45, 7) is 1.17. The van der Waals surface area contributed by atoms with Crippen molar-refractivity contribution in [3.63, 3.8) is 0 Å². The molecule has 29 heavy (non-hydrogen) atoms. The van der Waals surface area contributed by atoms with E-state index in [1.165, 1.54) is 0 Å². The lowest BCUT2D eigenvalue weighted by Crippen LogP contribution is -2.36. The highest BCUT2D eigenvalue weighted by molar-refractivity contribution is 7.80. The zero-order valence-electron chi connectivity index (χ0n) is 16.4. The third-order valence-electron chi connectivity index (χ3n) is 3.82. The highest BCUT2D eigenvalue weighted by atomic mass is 32.1. The molecule has 0 aliphatic carbocycles. The predicted octanol–water partition coefficient (Wildman–Crippen LogP) is 3.12. The van der Waals surface area contributed by atoms with Crippen LogP contribution >= 0.6 is 12.6 Å². The summed E-state index contributed by atoms with van der Waals surface area (Å²) >= 11 is 4.23. The third kappa shape index (κ3) is 11.6. The number of rotatable bonds is 9. The summed E-state index contributed by atoms with van der Waals surface area (Å²) in [7, 11) is 0. The van der Waals surface area contributed by atoms with Gasteiger partial charge in [0.25, 0.3) is 5.97 Å². The van der Waals surface area contributed by atoms with Crippen LogP contribution in [0.2, 0.25) is 0 Å². The number of hydrogen-bond donors (Lipinski definition) is 3. The van der Waals surface area contributed by atoms with Gasteiger partial charge in [0.05, 0.1) is 0 Å². The van der Waals surface area contributed by atoms with Crippen LogP contribution in [0.5, 0.6) is 0 Å². The van der Waals surface area contributed by atoms with E-state index in [4.69, 9.17) is 14.6 Å². The van der Waals surface area contributed by atoms with Crippen LogP contribution in [0.4, 0.5) is 0 Å². The fourth-order valence-electron chi connectivity index (χ4n) is 2.47. The van der Waals surface area contributed by atoms with Crippen LogP contribution < -0.4 is 5.32 Å². The molecule has 0 heterocycles. The van der Waals surface area contributed by atoms with Crippen LogP contribution in [0, 0.1) is 5.92 Å². The Balaban J connectivity index is 0.000000960. The first-order chi connectivity index (χ1) is 13.9. The second-order valence-electron chi connectivity index (χ2n) is 6.28. The molecule has 6 nitrogen and oxygen atoms in total. The summed E-state index contributed by atoms with van der Waals surface area (Å²) in [5, 5.41) is 10.1. The van der Waals surface area contributed by atoms with E-state index in [2.05, 4.69) is 17.9 Å². The minimum absolute atomic E-state index is 0.121. The minimum Gasteiger partial charge on any atom is -0.481 e. The lowest BCUT2D eigenvalue weighted by molar-refractivity contribution is -0.145. The lowest BCUT2D eigenvalue weighted by atomic mass is 9.96. The molecule has 7 heteroatoms.